The molecule has 3 N–H and O–H groups in total. The lowest BCUT2D eigenvalue weighted by Crippen LogP contribution is -2.51. The van der Waals surface area contributed by atoms with Crippen molar-refractivity contribution in [3.05, 3.63) is 72.3 Å². The van der Waals surface area contributed by atoms with Gasteiger partial charge in [0.1, 0.15) is 11.5 Å². The minimum atomic E-state index is -0.779. The first kappa shape index (κ1) is 21.1. The molecule has 0 radical (unpaired) electrons. The second-order valence-corrected chi connectivity index (χ2v) is 6.80. The number of methoxy groups -OCH3 is 1. The number of carbonyl (C=O) groups is 2. The Morgan fingerprint density at radius 3 is 2.27 bits per heavy atom. The Balaban J connectivity index is 1.48. The van der Waals surface area contributed by atoms with E-state index in [1.165, 1.54) is 0 Å². The van der Waals surface area contributed by atoms with Gasteiger partial charge in [0, 0.05) is 5.56 Å². The van der Waals surface area contributed by atoms with Crippen LogP contribution in [0.2, 0.25) is 0 Å². The van der Waals surface area contributed by atoms with Crippen molar-refractivity contribution in [1.82, 2.24) is 16.2 Å². The molecule has 30 heavy (non-hydrogen) atoms. The van der Waals surface area contributed by atoms with Gasteiger partial charge in [0.05, 0.1) is 7.11 Å². The van der Waals surface area contributed by atoms with Crippen LogP contribution in [0, 0.1) is 0 Å². The highest BCUT2D eigenvalue weighted by atomic mass is 32.1. The minimum Gasteiger partial charge on any atom is -0.497 e. The van der Waals surface area contributed by atoms with Crippen molar-refractivity contribution in [1.29, 1.82) is 0 Å². The van der Waals surface area contributed by atoms with Crippen LogP contribution in [0.3, 0.4) is 0 Å². The Labute approximate surface area is 179 Å². The molecule has 0 saturated carbocycles. The molecule has 0 saturated heterocycles. The summed E-state index contributed by atoms with van der Waals surface area (Å²) in [5.41, 5.74) is 5.32. The molecule has 8 heteroatoms. The molecule has 0 fully saturated rings. The van der Waals surface area contributed by atoms with Crippen molar-refractivity contribution in [2.24, 2.45) is 0 Å². The number of hydrogen-bond donors (Lipinski definition) is 3. The summed E-state index contributed by atoms with van der Waals surface area (Å²) >= 11 is 5.04. The van der Waals surface area contributed by atoms with Gasteiger partial charge in [-0.05, 0) is 66.3 Å². The maximum atomic E-state index is 12.3. The SMILES string of the molecule is COc1ccc(C(=O)NC(=S)NNC(=O)C(C)Oc2ccc3ccccc3c2)cc1. The van der Waals surface area contributed by atoms with Crippen molar-refractivity contribution in [3.8, 4) is 11.5 Å². The molecule has 1 unspecified atom stereocenters. The fourth-order valence-corrected chi connectivity index (χ4v) is 2.81. The van der Waals surface area contributed by atoms with Gasteiger partial charge in [0.15, 0.2) is 11.2 Å². The van der Waals surface area contributed by atoms with Gasteiger partial charge in [-0.1, -0.05) is 30.3 Å². The van der Waals surface area contributed by atoms with Crippen LogP contribution in [0.25, 0.3) is 10.8 Å². The Morgan fingerprint density at radius 1 is 0.900 bits per heavy atom. The summed E-state index contributed by atoms with van der Waals surface area (Å²) in [6.07, 6.45) is -0.779. The molecule has 0 bridgehead atoms. The van der Waals surface area contributed by atoms with E-state index < -0.39 is 17.9 Å². The first-order chi connectivity index (χ1) is 14.5. The van der Waals surface area contributed by atoms with Crippen molar-refractivity contribution in [2.75, 3.05) is 7.11 Å². The molecule has 0 spiro atoms. The van der Waals surface area contributed by atoms with Gasteiger partial charge < -0.3 is 9.47 Å². The van der Waals surface area contributed by atoms with Gasteiger partial charge in [-0.2, -0.15) is 0 Å². The van der Waals surface area contributed by atoms with Gasteiger partial charge in [-0.25, -0.2) is 0 Å². The van der Waals surface area contributed by atoms with Gasteiger partial charge in [-0.3, -0.25) is 25.8 Å². The highest BCUT2D eigenvalue weighted by Crippen LogP contribution is 2.21. The highest BCUT2D eigenvalue weighted by molar-refractivity contribution is 7.80. The third kappa shape index (κ3) is 5.45. The molecule has 3 rings (SSSR count). The van der Waals surface area contributed by atoms with E-state index in [0.29, 0.717) is 17.1 Å². The van der Waals surface area contributed by atoms with Crippen LogP contribution in [0.5, 0.6) is 11.5 Å². The topological polar surface area (TPSA) is 88.7 Å². The second kappa shape index (κ2) is 9.71. The highest BCUT2D eigenvalue weighted by Gasteiger charge is 2.16. The van der Waals surface area contributed by atoms with E-state index in [1.54, 1.807) is 44.4 Å². The quantitative estimate of drug-likeness (QED) is 0.432. The van der Waals surface area contributed by atoms with E-state index in [-0.39, 0.29) is 5.11 Å². The lowest BCUT2D eigenvalue weighted by molar-refractivity contribution is -0.127. The molecule has 0 aromatic heterocycles. The van der Waals surface area contributed by atoms with Gasteiger partial charge in [-0.15, -0.1) is 0 Å². The fourth-order valence-electron chi connectivity index (χ4n) is 2.67. The van der Waals surface area contributed by atoms with Crippen LogP contribution >= 0.6 is 12.2 Å². The molecule has 7 nitrogen and oxygen atoms in total. The zero-order valence-electron chi connectivity index (χ0n) is 16.5. The number of ether oxygens (including phenoxy) is 2. The predicted molar refractivity (Wildman–Crippen MR) is 118 cm³/mol. The van der Waals surface area contributed by atoms with E-state index in [9.17, 15) is 9.59 Å². The molecule has 0 aliphatic carbocycles. The maximum absolute atomic E-state index is 12.3. The van der Waals surface area contributed by atoms with E-state index >= 15 is 0 Å². The summed E-state index contributed by atoms with van der Waals surface area (Å²) in [6, 6.07) is 20.0. The molecule has 0 aliphatic heterocycles. The summed E-state index contributed by atoms with van der Waals surface area (Å²) in [7, 11) is 1.54. The number of hydrazine groups is 1. The number of benzene rings is 3. The van der Waals surface area contributed by atoms with E-state index in [1.807, 2.05) is 36.4 Å². The van der Waals surface area contributed by atoms with E-state index in [0.717, 1.165) is 10.8 Å². The van der Waals surface area contributed by atoms with E-state index in [4.69, 9.17) is 21.7 Å². The number of hydrogen-bond acceptors (Lipinski definition) is 5. The van der Waals surface area contributed by atoms with E-state index in [2.05, 4.69) is 16.2 Å². The first-order valence-corrected chi connectivity index (χ1v) is 9.58. The number of rotatable bonds is 5. The normalized spacial score (nSPS) is 11.3. The largest absolute Gasteiger partial charge is 0.497 e. The standard InChI is InChI=1S/C22H21N3O4S/c1-14(29-19-12-7-15-5-3-4-6-17(15)13-19)20(26)24-25-22(30)23-21(27)16-8-10-18(28-2)11-9-16/h3-14H,1-2H3,(H,24,26)(H2,23,25,27,30). The molecule has 3 aromatic carbocycles. The minimum absolute atomic E-state index is 0.0397. The smallest absolute Gasteiger partial charge is 0.279 e. The van der Waals surface area contributed by atoms with Crippen LogP contribution in [0.15, 0.2) is 66.7 Å². The average molecular weight is 423 g/mol. The Bertz CT molecular complexity index is 1070. The summed E-state index contributed by atoms with van der Waals surface area (Å²) in [4.78, 5) is 24.4. The van der Waals surface area contributed by atoms with Gasteiger partial charge >= 0.3 is 0 Å². The number of amides is 2. The zero-order valence-corrected chi connectivity index (χ0v) is 17.3. The fraction of sp³-hybridized carbons (Fsp3) is 0.136. The monoisotopic (exact) mass is 423 g/mol. The average Bonchev–Trinajstić information content (AvgIpc) is 2.77. The number of carbonyl (C=O) groups excluding carboxylic acids is 2. The van der Waals surface area contributed by atoms with Crippen molar-refractivity contribution < 1.29 is 19.1 Å². The molecular formula is C22H21N3O4S. The molecule has 154 valence electrons. The third-order valence-electron chi connectivity index (χ3n) is 4.28. The Kier molecular flexibility index (Phi) is 6.82. The summed E-state index contributed by atoms with van der Waals surface area (Å²) in [5, 5.41) is 4.54. The van der Waals surface area contributed by atoms with Crippen molar-refractivity contribution in [2.45, 2.75) is 13.0 Å². The van der Waals surface area contributed by atoms with Crippen LogP contribution in [-0.4, -0.2) is 30.1 Å². The summed E-state index contributed by atoms with van der Waals surface area (Å²) in [5.74, 6) is 0.362. The van der Waals surface area contributed by atoms with Crippen LogP contribution in [0.1, 0.15) is 17.3 Å². The van der Waals surface area contributed by atoms with Crippen LogP contribution < -0.4 is 25.6 Å². The molecular weight excluding hydrogens is 402 g/mol. The van der Waals surface area contributed by atoms with Crippen LogP contribution in [-0.2, 0) is 4.79 Å². The zero-order chi connectivity index (χ0) is 21.5. The predicted octanol–water partition coefficient (Wildman–Crippen LogP) is 2.95. The number of nitrogens with one attached hydrogen (secondary N) is 3. The lowest BCUT2D eigenvalue weighted by atomic mass is 10.1. The number of fused-ring (bicyclic) bond motifs is 1. The molecule has 0 heterocycles. The molecule has 3 aromatic rings. The van der Waals surface area contributed by atoms with Crippen molar-refractivity contribution in [3.63, 3.8) is 0 Å². The van der Waals surface area contributed by atoms with Crippen LogP contribution in [0.4, 0.5) is 0 Å². The summed E-state index contributed by atoms with van der Waals surface area (Å²) in [6.45, 7) is 1.62. The van der Waals surface area contributed by atoms with Gasteiger partial charge in [0.2, 0.25) is 0 Å². The maximum Gasteiger partial charge on any atom is 0.279 e. The van der Waals surface area contributed by atoms with Gasteiger partial charge in [0.25, 0.3) is 11.8 Å². The molecule has 2 amide bonds. The Hall–Kier alpha value is -3.65. The second-order valence-electron chi connectivity index (χ2n) is 6.40. The van der Waals surface area contributed by atoms with Crippen molar-refractivity contribution >= 4 is 39.9 Å². The summed E-state index contributed by atoms with van der Waals surface area (Å²) < 4.78 is 10.7. The Morgan fingerprint density at radius 2 is 1.57 bits per heavy atom. The first-order valence-electron chi connectivity index (χ1n) is 9.17. The lowest BCUT2D eigenvalue weighted by Gasteiger charge is -2.16. The number of thiocarbonyl (C=S) groups is 1. The molecule has 0 aliphatic rings. The third-order valence-corrected chi connectivity index (χ3v) is 4.49. The molecule has 1 atom stereocenters.